The third kappa shape index (κ3) is 4.38. The van der Waals surface area contributed by atoms with Crippen molar-refractivity contribution < 1.29 is 19.1 Å². The van der Waals surface area contributed by atoms with Crippen molar-refractivity contribution in [2.45, 2.75) is 13.3 Å². The third-order valence-corrected chi connectivity index (χ3v) is 5.65. The fourth-order valence-corrected chi connectivity index (χ4v) is 3.96. The Morgan fingerprint density at radius 1 is 1.07 bits per heavy atom. The summed E-state index contributed by atoms with van der Waals surface area (Å²) in [4.78, 5) is 29.9. The summed E-state index contributed by atoms with van der Waals surface area (Å²) < 4.78 is 10.5. The molecule has 0 unspecified atom stereocenters. The molecule has 4 rings (SSSR count). The van der Waals surface area contributed by atoms with E-state index in [1.54, 1.807) is 29.5 Å². The van der Waals surface area contributed by atoms with E-state index in [0.29, 0.717) is 30.2 Å². The molecule has 0 saturated heterocycles. The van der Waals surface area contributed by atoms with Gasteiger partial charge in [0.05, 0.1) is 5.69 Å². The molecule has 2 N–H and O–H groups in total. The number of ether oxygens (including phenoxy) is 2. The van der Waals surface area contributed by atoms with Gasteiger partial charge in [-0.2, -0.15) is 0 Å². The summed E-state index contributed by atoms with van der Waals surface area (Å²) in [5.41, 5.74) is 2.48. The smallest absolute Gasteiger partial charge is 0.313 e. The lowest BCUT2D eigenvalue weighted by molar-refractivity contribution is -0.136. The largest absolute Gasteiger partial charge is 0.454 e. The number of thiazole rings is 1. The Hall–Kier alpha value is -3.39. The maximum Gasteiger partial charge on any atom is 0.313 e. The van der Waals surface area contributed by atoms with Crippen LogP contribution in [0.2, 0.25) is 0 Å². The SMILES string of the molecule is Cc1nc(-c2ccccc2)sc1CCNC(=O)C(=O)Nc1ccc2c(c1)OCO2. The van der Waals surface area contributed by atoms with Crippen LogP contribution in [-0.4, -0.2) is 30.1 Å². The number of carbonyl (C=O) groups is 2. The van der Waals surface area contributed by atoms with Gasteiger partial charge in [0, 0.05) is 35.2 Å². The number of amides is 2. The van der Waals surface area contributed by atoms with Crippen LogP contribution in [0.15, 0.2) is 48.5 Å². The molecule has 0 saturated carbocycles. The summed E-state index contributed by atoms with van der Waals surface area (Å²) in [5.74, 6) is -0.261. The number of nitrogens with zero attached hydrogens (tertiary/aromatic N) is 1. The fourth-order valence-electron chi connectivity index (χ4n) is 2.90. The Labute approximate surface area is 171 Å². The molecule has 0 fully saturated rings. The van der Waals surface area contributed by atoms with Crippen LogP contribution in [0.1, 0.15) is 10.6 Å². The third-order valence-electron chi connectivity index (χ3n) is 4.39. The molecule has 148 valence electrons. The molecule has 1 aliphatic rings. The second-order valence-corrected chi connectivity index (χ2v) is 7.51. The zero-order valence-corrected chi connectivity index (χ0v) is 16.5. The minimum Gasteiger partial charge on any atom is -0.454 e. The van der Waals surface area contributed by atoms with Crippen LogP contribution < -0.4 is 20.1 Å². The number of aromatic nitrogens is 1. The average molecular weight is 409 g/mol. The summed E-state index contributed by atoms with van der Waals surface area (Å²) in [6.45, 7) is 2.45. The summed E-state index contributed by atoms with van der Waals surface area (Å²) in [6.07, 6.45) is 0.610. The first kappa shape index (κ1) is 18.9. The zero-order valence-electron chi connectivity index (χ0n) is 15.7. The maximum atomic E-state index is 12.1. The van der Waals surface area contributed by atoms with E-state index < -0.39 is 11.8 Å². The second kappa shape index (κ2) is 8.32. The quantitative estimate of drug-likeness (QED) is 0.632. The van der Waals surface area contributed by atoms with Crippen molar-refractivity contribution in [2.24, 2.45) is 0 Å². The summed E-state index contributed by atoms with van der Waals surface area (Å²) in [7, 11) is 0. The lowest BCUT2D eigenvalue weighted by atomic mass is 10.2. The lowest BCUT2D eigenvalue weighted by Crippen LogP contribution is -2.36. The van der Waals surface area contributed by atoms with Crippen molar-refractivity contribution in [2.75, 3.05) is 18.7 Å². The Bertz CT molecular complexity index is 1050. The van der Waals surface area contributed by atoms with Crippen LogP contribution in [0.4, 0.5) is 5.69 Å². The number of hydrogen-bond acceptors (Lipinski definition) is 6. The number of benzene rings is 2. The normalized spacial score (nSPS) is 11.9. The molecular formula is C21H19N3O4S. The average Bonchev–Trinajstić information content (AvgIpc) is 3.35. The van der Waals surface area contributed by atoms with Crippen molar-refractivity contribution >= 4 is 28.8 Å². The van der Waals surface area contributed by atoms with Crippen molar-refractivity contribution in [1.29, 1.82) is 0 Å². The van der Waals surface area contributed by atoms with E-state index in [0.717, 1.165) is 21.1 Å². The van der Waals surface area contributed by atoms with Crippen LogP contribution in [0, 0.1) is 6.92 Å². The first-order valence-electron chi connectivity index (χ1n) is 9.11. The van der Waals surface area contributed by atoms with E-state index in [4.69, 9.17) is 9.47 Å². The Kier molecular flexibility index (Phi) is 5.44. The number of rotatable bonds is 5. The van der Waals surface area contributed by atoms with Crippen LogP contribution >= 0.6 is 11.3 Å². The van der Waals surface area contributed by atoms with E-state index >= 15 is 0 Å². The number of aryl methyl sites for hydroxylation is 1. The Morgan fingerprint density at radius 2 is 1.86 bits per heavy atom. The number of anilines is 1. The molecule has 2 amide bonds. The fraction of sp³-hybridized carbons (Fsp3) is 0.190. The standard InChI is InChI=1S/C21H19N3O4S/c1-13-18(29-21(23-13)14-5-3-2-4-6-14)9-10-22-19(25)20(26)24-15-7-8-16-17(11-15)28-12-27-16/h2-8,11H,9-10,12H2,1H3,(H,22,25)(H,24,26). The number of carbonyl (C=O) groups excluding carboxylic acids is 2. The van der Waals surface area contributed by atoms with E-state index in [-0.39, 0.29) is 6.79 Å². The molecule has 0 spiro atoms. The summed E-state index contributed by atoms with van der Waals surface area (Å²) in [5, 5.41) is 6.16. The number of hydrogen-bond donors (Lipinski definition) is 2. The van der Waals surface area contributed by atoms with Gasteiger partial charge in [-0.25, -0.2) is 4.98 Å². The molecule has 2 heterocycles. The molecular weight excluding hydrogens is 390 g/mol. The second-order valence-electron chi connectivity index (χ2n) is 6.42. The molecule has 0 radical (unpaired) electrons. The first-order valence-corrected chi connectivity index (χ1v) is 9.92. The van der Waals surface area contributed by atoms with Gasteiger partial charge in [0.15, 0.2) is 11.5 Å². The predicted octanol–water partition coefficient (Wildman–Crippen LogP) is 3.14. The molecule has 29 heavy (non-hydrogen) atoms. The highest BCUT2D eigenvalue weighted by atomic mass is 32.1. The van der Waals surface area contributed by atoms with Gasteiger partial charge in [0.2, 0.25) is 6.79 Å². The molecule has 0 bridgehead atoms. The van der Waals surface area contributed by atoms with Crippen LogP contribution in [0.3, 0.4) is 0 Å². The topological polar surface area (TPSA) is 89.6 Å². The number of nitrogens with one attached hydrogen (secondary N) is 2. The molecule has 0 aliphatic carbocycles. The molecule has 1 aliphatic heterocycles. The Balaban J connectivity index is 1.30. The van der Waals surface area contributed by atoms with Gasteiger partial charge in [0.25, 0.3) is 0 Å². The van der Waals surface area contributed by atoms with E-state index in [1.807, 2.05) is 37.3 Å². The minimum atomic E-state index is -0.727. The van der Waals surface area contributed by atoms with Crippen molar-refractivity contribution in [3.05, 3.63) is 59.1 Å². The van der Waals surface area contributed by atoms with Gasteiger partial charge in [-0.1, -0.05) is 30.3 Å². The zero-order chi connectivity index (χ0) is 20.2. The predicted molar refractivity (Wildman–Crippen MR) is 110 cm³/mol. The van der Waals surface area contributed by atoms with Crippen molar-refractivity contribution in [3.8, 4) is 22.1 Å². The van der Waals surface area contributed by atoms with Gasteiger partial charge in [-0.15, -0.1) is 11.3 Å². The highest BCUT2D eigenvalue weighted by Crippen LogP contribution is 2.34. The van der Waals surface area contributed by atoms with Crippen LogP contribution in [0.5, 0.6) is 11.5 Å². The molecule has 8 heteroatoms. The minimum absolute atomic E-state index is 0.149. The van der Waals surface area contributed by atoms with Crippen molar-refractivity contribution in [1.82, 2.24) is 10.3 Å². The lowest BCUT2D eigenvalue weighted by Gasteiger charge is -2.07. The van der Waals surface area contributed by atoms with Gasteiger partial charge in [0.1, 0.15) is 5.01 Å². The van der Waals surface area contributed by atoms with E-state index in [9.17, 15) is 9.59 Å². The van der Waals surface area contributed by atoms with Crippen LogP contribution in [-0.2, 0) is 16.0 Å². The molecule has 7 nitrogen and oxygen atoms in total. The molecule has 0 atom stereocenters. The first-order chi connectivity index (χ1) is 14.1. The van der Waals surface area contributed by atoms with Crippen LogP contribution in [0.25, 0.3) is 10.6 Å². The monoisotopic (exact) mass is 409 g/mol. The summed E-state index contributed by atoms with van der Waals surface area (Å²) in [6, 6.07) is 14.9. The van der Waals surface area contributed by atoms with Crippen molar-refractivity contribution in [3.63, 3.8) is 0 Å². The van der Waals surface area contributed by atoms with Gasteiger partial charge in [-0.05, 0) is 19.1 Å². The van der Waals surface area contributed by atoms with Gasteiger partial charge < -0.3 is 20.1 Å². The van der Waals surface area contributed by atoms with Gasteiger partial charge >= 0.3 is 11.8 Å². The number of fused-ring (bicyclic) bond motifs is 1. The summed E-state index contributed by atoms with van der Waals surface area (Å²) >= 11 is 1.60. The highest BCUT2D eigenvalue weighted by Gasteiger charge is 2.17. The van der Waals surface area contributed by atoms with Gasteiger partial charge in [-0.3, -0.25) is 9.59 Å². The maximum absolute atomic E-state index is 12.1. The highest BCUT2D eigenvalue weighted by molar-refractivity contribution is 7.15. The molecule has 2 aromatic carbocycles. The Morgan fingerprint density at radius 3 is 2.69 bits per heavy atom. The molecule has 3 aromatic rings. The molecule has 1 aromatic heterocycles. The van der Waals surface area contributed by atoms with E-state index in [1.165, 1.54) is 0 Å². The van der Waals surface area contributed by atoms with E-state index in [2.05, 4.69) is 15.6 Å².